The summed E-state index contributed by atoms with van der Waals surface area (Å²) in [6, 6.07) is 24.9. The van der Waals surface area contributed by atoms with E-state index in [1.54, 1.807) is 12.1 Å². The second kappa shape index (κ2) is 10.1. The molecule has 0 saturated carbocycles. The van der Waals surface area contributed by atoms with E-state index >= 15 is 0 Å². The monoisotopic (exact) mass is 424 g/mol. The van der Waals surface area contributed by atoms with E-state index in [1.807, 2.05) is 36.4 Å². The van der Waals surface area contributed by atoms with Crippen molar-refractivity contribution in [2.45, 2.75) is 12.2 Å². The highest BCUT2D eigenvalue weighted by Gasteiger charge is 2.26. The van der Waals surface area contributed by atoms with Crippen molar-refractivity contribution >= 4 is 23.8 Å². The third-order valence-electron chi connectivity index (χ3n) is 4.64. The summed E-state index contributed by atoms with van der Waals surface area (Å²) in [5, 5.41) is 23.1. The number of benzene rings is 3. The molecule has 0 spiro atoms. The van der Waals surface area contributed by atoms with Crippen LogP contribution in [0.4, 0.5) is 0 Å². The van der Waals surface area contributed by atoms with Gasteiger partial charge in [0.1, 0.15) is 23.7 Å². The standard InChI is InChI=1S/C18H15O2P.C6H10O3/c19-14-11-12-17(20)18(13-14)21(15-7-3-1-4-8-15)16-9-5-2-6-10-16;1(5-3-8-5)7-2-6-4-9-6/h1-13,19-20H;5-6H,1-4H2. The zero-order valence-electron chi connectivity index (χ0n) is 16.6. The van der Waals surface area contributed by atoms with Gasteiger partial charge in [-0.2, -0.15) is 0 Å². The molecule has 2 N–H and O–H groups in total. The molecule has 5 rings (SSSR count). The van der Waals surface area contributed by atoms with Crippen molar-refractivity contribution in [3.63, 3.8) is 0 Å². The van der Waals surface area contributed by atoms with Crippen molar-refractivity contribution in [3.8, 4) is 11.5 Å². The summed E-state index contributed by atoms with van der Waals surface area (Å²) in [5.74, 6) is 0.383. The van der Waals surface area contributed by atoms with Crippen LogP contribution < -0.4 is 15.9 Å². The SMILES string of the molecule is C(OCC1CO1)C1CO1.Oc1ccc(O)c(P(c2ccccc2)c2ccccc2)c1. The van der Waals surface area contributed by atoms with E-state index in [2.05, 4.69) is 24.3 Å². The van der Waals surface area contributed by atoms with Crippen molar-refractivity contribution in [1.82, 2.24) is 0 Å². The predicted octanol–water partition coefficient (Wildman–Crippen LogP) is 2.66. The van der Waals surface area contributed by atoms with Gasteiger partial charge in [0, 0.05) is 5.30 Å². The zero-order valence-corrected chi connectivity index (χ0v) is 17.4. The lowest BCUT2D eigenvalue weighted by Gasteiger charge is -2.20. The van der Waals surface area contributed by atoms with Crippen LogP contribution in [0.15, 0.2) is 78.9 Å². The Hall–Kier alpha value is -2.43. The van der Waals surface area contributed by atoms with Crippen LogP contribution in [0, 0.1) is 0 Å². The molecule has 0 radical (unpaired) electrons. The fourth-order valence-electron chi connectivity index (χ4n) is 2.93. The summed E-state index contributed by atoms with van der Waals surface area (Å²) in [4.78, 5) is 0. The van der Waals surface area contributed by atoms with Crippen LogP contribution in [0.3, 0.4) is 0 Å². The summed E-state index contributed by atoms with van der Waals surface area (Å²) in [6.07, 6.45) is 0.785. The van der Waals surface area contributed by atoms with Crippen LogP contribution in [0.25, 0.3) is 0 Å². The van der Waals surface area contributed by atoms with Gasteiger partial charge in [-0.05, 0) is 36.7 Å². The Labute approximate surface area is 177 Å². The maximum absolute atomic E-state index is 10.2. The molecule has 3 aromatic rings. The first kappa shape index (κ1) is 20.8. The van der Waals surface area contributed by atoms with Crippen LogP contribution in [0.1, 0.15) is 0 Å². The molecule has 6 heteroatoms. The highest BCUT2D eigenvalue weighted by molar-refractivity contribution is 7.80. The van der Waals surface area contributed by atoms with E-state index < -0.39 is 7.92 Å². The van der Waals surface area contributed by atoms with Gasteiger partial charge in [-0.15, -0.1) is 0 Å². The lowest BCUT2D eigenvalue weighted by molar-refractivity contribution is 0.102. The number of aromatic hydroxyl groups is 2. The van der Waals surface area contributed by atoms with Crippen molar-refractivity contribution in [3.05, 3.63) is 78.9 Å². The molecule has 2 aliphatic rings. The smallest absolute Gasteiger partial charge is 0.124 e. The Bertz CT molecular complexity index is 875. The molecule has 2 heterocycles. The normalized spacial score (nSPS) is 19.1. The first-order valence-corrected chi connectivity index (χ1v) is 11.3. The molecule has 2 unspecified atom stereocenters. The van der Waals surface area contributed by atoms with E-state index in [1.165, 1.54) is 6.07 Å². The van der Waals surface area contributed by atoms with E-state index in [0.29, 0.717) is 12.2 Å². The molecule has 2 saturated heterocycles. The first-order chi connectivity index (χ1) is 14.7. The van der Waals surface area contributed by atoms with Crippen molar-refractivity contribution in [2.75, 3.05) is 26.4 Å². The second-order valence-electron chi connectivity index (χ2n) is 7.13. The Morgan fingerprint density at radius 1 is 0.767 bits per heavy atom. The molecule has 2 fully saturated rings. The molecular formula is C24H25O5P. The highest BCUT2D eigenvalue weighted by atomic mass is 31.1. The summed E-state index contributed by atoms with van der Waals surface area (Å²) in [7, 11) is -0.893. The molecule has 156 valence electrons. The number of phenolic OH excluding ortho intramolecular Hbond substituents is 2. The number of phenols is 2. The van der Waals surface area contributed by atoms with Gasteiger partial charge in [0.05, 0.1) is 26.4 Å². The molecule has 3 aromatic carbocycles. The minimum absolute atomic E-state index is 0.169. The molecule has 0 aromatic heterocycles. The van der Waals surface area contributed by atoms with E-state index in [0.717, 1.165) is 42.3 Å². The second-order valence-corrected chi connectivity index (χ2v) is 9.31. The summed E-state index contributed by atoms with van der Waals surface area (Å²) >= 11 is 0. The maximum atomic E-state index is 10.2. The number of hydrogen-bond acceptors (Lipinski definition) is 5. The lowest BCUT2D eigenvalue weighted by atomic mass is 10.3. The summed E-state index contributed by atoms with van der Waals surface area (Å²) in [6.45, 7) is 3.26. The van der Waals surface area contributed by atoms with Crippen LogP contribution in [-0.4, -0.2) is 48.8 Å². The fourth-order valence-corrected chi connectivity index (χ4v) is 5.29. The van der Waals surface area contributed by atoms with Crippen molar-refractivity contribution in [1.29, 1.82) is 0 Å². The van der Waals surface area contributed by atoms with Crippen molar-refractivity contribution in [2.24, 2.45) is 0 Å². The Kier molecular flexibility index (Phi) is 6.98. The summed E-state index contributed by atoms with van der Waals surface area (Å²) < 4.78 is 15.1. The van der Waals surface area contributed by atoms with Crippen LogP contribution in [0.5, 0.6) is 11.5 Å². The fraction of sp³-hybridized carbons (Fsp3) is 0.250. The molecule has 30 heavy (non-hydrogen) atoms. The minimum Gasteiger partial charge on any atom is -0.508 e. The zero-order chi connectivity index (χ0) is 20.8. The Balaban J connectivity index is 0.000000200. The van der Waals surface area contributed by atoms with Gasteiger partial charge in [0.25, 0.3) is 0 Å². The van der Waals surface area contributed by atoms with Crippen LogP contribution >= 0.6 is 7.92 Å². The molecular weight excluding hydrogens is 399 g/mol. The Morgan fingerprint density at radius 3 is 1.73 bits per heavy atom. The molecule has 0 aliphatic carbocycles. The molecule has 2 atom stereocenters. The number of ether oxygens (including phenoxy) is 3. The van der Waals surface area contributed by atoms with Gasteiger partial charge in [-0.3, -0.25) is 0 Å². The molecule has 0 bridgehead atoms. The van der Waals surface area contributed by atoms with Gasteiger partial charge in [0.2, 0.25) is 0 Å². The van der Waals surface area contributed by atoms with Gasteiger partial charge in [0.15, 0.2) is 0 Å². The predicted molar refractivity (Wildman–Crippen MR) is 119 cm³/mol. The van der Waals surface area contributed by atoms with E-state index in [-0.39, 0.29) is 11.5 Å². The van der Waals surface area contributed by atoms with Gasteiger partial charge >= 0.3 is 0 Å². The van der Waals surface area contributed by atoms with Gasteiger partial charge < -0.3 is 24.4 Å². The first-order valence-electron chi connectivity index (χ1n) is 9.94. The summed E-state index contributed by atoms with van der Waals surface area (Å²) in [5.41, 5.74) is 0. The largest absolute Gasteiger partial charge is 0.508 e. The number of rotatable bonds is 7. The molecule has 2 aliphatic heterocycles. The van der Waals surface area contributed by atoms with E-state index in [4.69, 9.17) is 14.2 Å². The average molecular weight is 424 g/mol. The van der Waals surface area contributed by atoms with Gasteiger partial charge in [-0.1, -0.05) is 60.7 Å². The maximum Gasteiger partial charge on any atom is 0.124 e. The van der Waals surface area contributed by atoms with Crippen LogP contribution in [0.2, 0.25) is 0 Å². The van der Waals surface area contributed by atoms with Crippen molar-refractivity contribution < 1.29 is 24.4 Å². The minimum atomic E-state index is -0.893. The third kappa shape index (κ3) is 6.04. The number of epoxide rings is 2. The quantitative estimate of drug-likeness (QED) is 0.347. The topological polar surface area (TPSA) is 74.8 Å². The molecule has 0 amide bonds. The average Bonchev–Trinajstić information content (AvgIpc) is 3.69. The highest BCUT2D eigenvalue weighted by Crippen LogP contribution is 2.37. The van der Waals surface area contributed by atoms with Crippen LogP contribution in [-0.2, 0) is 14.2 Å². The van der Waals surface area contributed by atoms with E-state index in [9.17, 15) is 10.2 Å². The third-order valence-corrected chi connectivity index (χ3v) is 7.11. The number of hydrogen-bond donors (Lipinski definition) is 2. The Morgan fingerprint density at radius 2 is 1.27 bits per heavy atom. The molecule has 5 nitrogen and oxygen atoms in total. The van der Waals surface area contributed by atoms with Gasteiger partial charge in [-0.25, -0.2) is 0 Å². The lowest BCUT2D eigenvalue weighted by Crippen LogP contribution is -2.20.